The smallest absolute Gasteiger partial charge is 0.306 e. The monoisotopic (exact) mass is 1270 g/mol. The van der Waals surface area contributed by atoms with Gasteiger partial charge in [0.05, 0.1) is 40.3 Å². The van der Waals surface area contributed by atoms with Crippen LogP contribution in [0.1, 0.15) is 322 Å². The Labute approximate surface area is 561 Å². The summed E-state index contributed by atoms with van der Waals surface area (Å²) < 4.78 is 22.8. The van der Waals surface area contributed by atoms with Gasteiger partial charge >= 0.3 is 11.9 Å². The second-order valence-corrected chi connectivity index (χ2v) is 26.2. The first-order valence-corrected chi connectivity index (χ1v) is 37.7. The van der Waals surface area contributed by atoms with E-state index in [1.54, 1.807) is 0 Å². The highest BCUT2D eigenvalue weighted by atomic mass is 16.7. The van der Waals surface area contributed by atoms with Crippen LogP contribution in [0.4, 0.5) is 0 Å². The first-order valence-electron chi connectivity index (χ1n) is 37.7. The number of quaternary nitrogens is 1. The number of likely N-dealkylation sites (N-methyl/N-ethyl adjacent to an activating group) is 1. The highest BCUT2D eigenvalue weighted by molar-refractivity contribution is 5.70. The molecule has 0 radical (unpaired) electrons. The molecule has 0 rings (SSSR count). The molecule has 0 aliphatic heterocycles. The molecule has 0 aliphatic carbocycles. The summed E-state index contributed by atoms with van der Waals surface area (Å²) in [6, 6.07) is 0. The lowest BCUT2D eigenvalue weighted by molar-refractivity contribution is -0.870. The average Bonchev–Trinajstić information content (AvgIpc) is 3.46. The van der Waals surface area contributed by atoms with Crippen LogP contribution in [-0.2, 0) is 33.3 Å². The van der Waals surface area contributed by atoms with Gasteiger partial charge in [-0.05, 0) is 109 Å². The maximum Gasteiger partial charge on any atom is 0.306 e. The number of rotatable bonds is 69. The molecule has 0 aromatic rings. The normalized spacial score (nSPS) is 13.4. The van der Waals surface area contributed by atoms with Crippen molar-refractivity contribution in [2.24, 2.45) is 0 Å². The number of unbranched alkanes of at least 4 members (excludes halogenated alkanes) is 34. The molecule has 0 fully saturated rings. The van der Waals surface area contributed by atoms with Gasteiger partial charge in [-0.15, -0.1) is 0 Å². The van der Waals surface area contributed by atoms with Crippen molar-refractivity contribution in [3.8, 4) is 0 Å². The molecule has 9 nitrogen and oxygen atoms in total. The predicted molar refractivity (Wildman–Crippen MR) is 389 cm³/mol. The minimum absolute atomic E-state index is 0.144. The quantitative estimate of drug-likeness (QED) is 0.0195. The van der Waals surface area contributed by atoms with Crippen molar-refractivity contribution >= 4 is 17.9 Å². The third-order valence-corrected chi connectivity index (χ3v) is 16.2. The molecular weight excluding hydrogens is 1130 g/mol. The van der Waals surface area contributed by atoms with E-state index in [-0.39, 0.29) is 38.6 Å². The number of aliphatic carboxylic acids is 1. The minimum Gasteiger partial charge on any atom is -0.545 e. The van der Waals surface area contributed by atoms with Gasteiger partial charge in [0.15, 0.2) is 12.4 Å². The summed E-state index contributed by atoms with van der Waals surface area (Å²) in [6.45, 7) is 4.65. The van der Waals surface area contributed by atoms with E-state index in [0.717, 1.165) is 96.3 Å². The molecule has 0 bridgehead atoms. The summed E-state index contributed by atoms with van der Waals surface area (Å²) in [5.41, 5.74) is 0. The Hall–Kier alpha value is -4.31. The van der Waals surface area contributed by atoms with Gasteiger partial charge in [0.1, 0.15) is 13.2 Å². The van der Waals surface area contributed by atoms with Crippen LogP contribution in [0.3, 0.4) is 0 Å². The van der Waals surface area contributed by atoms with Crippen LogP contribution in [0.15, 0.2) is 122 Å². The number of nitrogens with zero attached hydrogens (tertiary/aromatic N) is 1. The fourth-order valence-corrected chi connectivity index (χ4v) is 10.5. The van der Waals surface area contributed by atoms with Crippen molar-refractivity contribution in [1.29, 1.82) is 0 Å². The third kappa shape index (κ3) is 73.0. The van der Waals surface area contributed by atoms with Crippen LogP contribution in [0.5, 0.6) is 0 Å². The number of carbonyl (C=O) groups excluding carboxylic acids is 3. The standard InChI is InChI=1S/C82H141NO8/c1-6-8-10-12-14-16-18-20-22-24-26-28-30-32-34-35-36-37-38-39-40-41-42-43-44-45-47-49-51-53-55-57-59-61-63-65-67-69-71-73-80(85)91-78(77-90-82(81(86)87)88-75-74-83(3,4)5)76-89-79(84)72-70-68-66-64-62-60-58-56-54-52-50-48-46-33-31-29-27-25-23-21-19-17-15-13-11-9-7-2/h8,10,14,16,19-22,25-28,31-34,36-37,39-40,78,82H,6-7,9,11-13,15,17-18,23-24,29-30,35,38,41-77H2,1-5H3/b10-8-,16-14-,21-19-,22-20-,27-25-,28-26-,33-31-,34-32-,37-36-,40-39-. The molecule has 0 spiro atoms. The highest BCUT2D eigenvalue weighted by Gasteiger charge is 2.22. The van der Waals surface area contributed by atoms with Crippen molar-refractivity contribution in [3.63, 3.8) is 0 Å². The number of hydrogen-bond acceptors (Lipinski definition) is 8. The summed E-state index contributed by atoms with van der Waals surface area (Å²) in [4.78, 5) is 37.6. The maximum atomic E-state index is 13.0. The second-order valence-electron chi connectivity index (χ2n) is 26.2. The van der Waals surface area contributed by atoms with Crippen molar-refractivity contribution in [2.75, 3.05) is 47.5 Å². The topological polar surface area (TPSA) is 111 Å². The van der Waals surface area contributed by atoms with E-state index in [1.165, 1.54) is 193 Å². The Morgan fingerprint density at radius 1 is 0.341 bits per heavy atom. The van der Waals surface area contributed by atoms with Gasteiger partial charge in [-0.25, -0.2) is 0 Å². The molecule has 0 aromatic heterocycles. The number of ether oxygens (including phenoxy) is 4. The number of carbonyl (C=O) groups is 3. The molecule has 0 saturated heterocycles. The lowest BCUT2D eigenvalue weighted by atomic mass is 10.0. The summed E-state index contributed by atoms with van der Waals surface area (Å²) in [6.07, 6.45) is 98.6. The predicted octanol–water partition coefficient (Wildman–Crippen LogP) is 22.6. The van der Waals surface area contributed by atoms with Crippen molar-refractivity contribution in [2.45, 2.75) is 334 Å². The molecule has 2 atom stereocenters. The SMILES string of the molecule is CC/C=C\C/C=C\C/C=C\C/C=C\C/C=C\C/C=C\C/C=C\CCCCCCCCCCCCCCCCCCCC(=O)OC(COC(=O)CCCCCCCCCCCCCC/C=C\C/C=C\C/C=C\CCCCCCC)COC(OCC[N+](C)(C)C)C(=O)[O-]. The van der Waals surface area contributed by atoms with Gasteiger partial charge in [0.25, 0.3) is 0 Å². The van der Waals surface area contributed by atoms with E-state index in [4.69, 9.17) is 18.9 Å². The van der Waals surface area contributed by atoms with Gasteiger partial charge in [0.2, 0.25) is 0 Å². The molecule has 91 heavy (non-hydrogen) atoms. The largest absolute Gasteiger partial charge is 0.545 e. The Morgan fingerprint density at radius 3 is 0.934 bits per heavy atom. The number of hydrogen-bond donors (Lipinski definition) is 0. The summed E-state index contributed by atoms with van der Waals surface area (Å²) in [7, 11) is 5.93. The van der Waals surface area contributed by atoms with Crippen LogP contribution < -0.4 is 5.11 Å². The van der Waals surface area contributed by atoms with E-state index in [2.05, 4.69) is 135 Å². The van der Waals surface area contributed by atoms with Crippen molar-refractivity contribution in [1.82, 2.24) is 0 Å². The van der Waals surface area contributed by atoms with Crippen LogP contribution >= 0.6 is 0 Å². The molecule has 0 amide bonds. The lowest BCUT2D eigenvalue weighted by Crippen LogP contribution is -2.44. The zero-order valence-corrected chi connectivity index (χ0v) is 59.7. The van der Waals surface area contributed by atoms with Gasteiger partial charge < -0.3 is 33.3 Å². The second kappa shape index (κ2) is 71.5. The zero-order chi connectivity index (χ0) is 66.1. The zero-order valence-electron chi connectivity index (χ0n) is 59.7. The van der Waals surface area contributed by atoms with Gasteiger partial charge in [-0.2, -0.15) is 0 Å². The van der Waals surface area contributed by atoms with E-state index in [0.29, 0.717) is 17.4 Å². The molecule has 522 valence electrons. The Bertz CT molecular complexity index is 1910. The Kier molecular flexibility index (Phi) is 68.1. The lowest BCUT2D eigenvalue weighted by Gasteiger charge is -2.26. The third-order valence-electron chi connectivity index (χ3n) is 16.2. The fraction of sp³-hybridized carbons (Fsp3) is 0.720. The molecule has 0 saturated carbocycles. The molecule has 0 aromatic carbocycles. The molecule has 0 N–H and O–H groups in total. The van der Waals surface area contributed by atoms with E-state index >= 15 is 0 Å². The maximum absolute atomic E-state index is 13.0. The number of allylic oxidation sites excluding steroid dienone is 20. The fourth-order valence-electron chi connectivity index (χ4n) is 10.5. The van der Waals surface area contributed by atoms with E-state index < -0.39 is 24.3 Å². The Morgan fingerprint density at radius 2 is 0.626 bits per heavy atom. The van der Waals surface area contributed by atoms with E-state index in [9.17, 15) is 19.5 Å². The number of carboxylic acids is 1. The van der Waals surface area contributed by atoms with Gasteiger partial charge in [0, 0.05) is 12.8 Å². The molecule has 2 unspecified atom stereocenters. The van der Waals surface area contributed by atoms with Gasteiger partial charge in [-0.1, -0.05) is 322 Å². The average molecular weight is 1270 g/mol. The molecular formula is C82H141NO8. The molecule has 0 aliphatic rings. The van der Waals surface area contributed by atoms with Crippen LogP contribution in [-0.4, -0.2) is 82.3 Å². The highest BCUT2D eigenvalue weighted by Crippen LogP contribution is 2.18. The van der Waals surface area contributed by atoms with Crippen molar-refractivity contribution < 1.29 is 42.9 Å². The van der Waals surface area contributed by atoms with Gasteiger partial charge in [-0.3, -0.25) is 9.59 Å². The number of carboxylic acid groups (broad SMARTS) is 1. The summed E-state index contributed by atoms with van der Waals surface area (Å²) >= 11 is 0. The summed E-state index contributed by atoms with van der Waals surface area (Å²) in [5.74, 6) is -2.28. The Balaban J connectivity index is 4.07. The first-order chi connectivity index (χ1) is 44.6. The molecule has 0 heterocycles. The number of esters is 2. The minimum atomic E-state index is -1.63. The van der Waals surface area contributed by atoms with E-state index in [1.807, 2.05) is 21.1 Å². The summed E-state index contributed by atoms with van der Waals surface area (Å²) in [5, 5.41) is 11.8. The first kappa shape index (κ1) is 86.7. The van der Waals surface area contributed by atoms with Crippen LogP contribution in [0, 0.1) is 0 Å². The van der Waals surface area contributed by atoms with Crippen molar-refractivity contribution in [3.05, 3.63) is 122 Å². The van der Waals surface area contributed by atoms with Crippen LogP contribution in [0.25, 0.3) is 0 Å². The molecule has 9 heteroatoms. The van der Waals surface area contributed by atoms with Crippen LogP contribution in [0.2, 0.25) is 0 Å².